The maximum atomic E-state index is 14.3. The van der Waals surface area contributed by atoms with Crippen molar-refractivity contribution in [1.29, 1.82) is 0 Å². The van der Waals surface area contributed by atoms with E-state index in [1.54, 1.807) is 105 Å². The lowest BCUT2D eigenvalue weighted by Crippen LogP contribution is -2.58. The number of phenolic OH excluding ortho intramolecular Hbond substituents is 1. The molecule has 1 fully saturated rings. The molecule has 1 heterocycles. The third kappa shape index (κ3) is 24.0. The number of hydrogen-bond donors (Lipinski definition) is 8. The molecule has 1 saturated heterocycles. The van der Waals surface area contributed by atoms with Gasteiger partial charge in [-0.15, -0.1) is 0 Å². The third-order valence-corrected chi connectivity index (χ3v) is 11.5. The van der Waals surface area contributed by atoms with E-state index in [0.717, 1.165) is 0 Å². The van der Waals surface area contributed by atoms with E-state index in [9.17, 15) is 48.3 Å². The Morgan fingerprint density at radius 3 is 1.77 bits per heavy atom. The second-order valence-corrected chi connectivity index (χ2v) is 21.9. The number of likely N-dealkylation sites (tertiary alicyclic amines) is 1. The van der Waals surface area contributed by atoms with Crippen LogP contribution < -0.4 is 37.2 Å². The average molecular weight is 1060 g/mol. The van der Waals surface area contributed by atoms with Crippen LogP contribution in [0.2, 0.25) is 0 Å². The second kappa shape index (κ2) is 29.3. The summed E-state index contributed by atoms with van der Waals surface area (Å²) in [6.07, 6.45) is 2.33. The maximum Gasteiger partial charge on any atom is 0.408 e. The van der Waals surface area contributed by atoms with Gasteiger partial charge in [0.1, 0.15) is 52.8 Å². The number of hydrogen-bond acceptors (Lipinski definition) is 14. The molecule has 0 aliphatic carbocycles. The summed E-state index contributed by atoms with van der Waals surface area (Å²) in [4.78, 5) is 122. The van der Waals surface area contributed by atoms with Gasteiger partial charge in [-0.1, -0.05) is 42.5 Å². The fourth-order valence-electron chi connectivity index (χ4n) is 7.49. The van der Waals surface area contributed by atoms with Crippen LogP contribution in [0.25, 0.3) is 0 Å². The van der Waals surface area contributed by atoms with Crippen LogP contribution in [-0.2, 0) is 60.6 Å². The summed E-state index contributed by atoms with van der Waals surface area (Å²) >= 11 is 1.42. The summed E-state index contributed by atoms with van der Waals surface area (Å²) in [5, 5.41) is 28.0. The zero-order valence-electron chi connectivity index (χ0n) is 44.5. The number of unbranched alkanes of at least 4 members (excludes halogenated alkanes) is 1. The van der Waals surface area contributed by atoms with E-state index in [4.69, 9.17) is 14.2 Å². The van der Waals surface area contributed by atoms with Crippen LogP contribution >= 0.6 is 11.8 Å². The number of esters is 1. The molecule has 1 aliphatic rings. The number of benzene rings is 2. The number of carbonyl (C=O) groups excluding carboxylic acids is 9. The van der Waals surface area contributed by atoms with Crippen molar-refractivity contribution in [3.63, 3.8) is 0 Å². The SMILES string of the molecule is CSCC[C@H](NC(=O)[C@H](Cc1ccccc1)NC(=O)CNC(=O)CNC(=O)[C@H](Cc1ccc(O)cc1)NC(=O)OC(C)(C)C)C(=O)N[C@@H](CCCCNC(=O)OC(C)(C)C)C(=O)N1CCC[C@H]1C(=O)OC(C)(C)C. The standard InChI is InChI=1S/C52H78N8O13S/c1-50(2,3)71-47(68)40-20-16-27-60(40)46(67)37(19-14-15-26-53-48(69)72-51(4,5)6)58-44(65)36(25-28-74-10)57-45(66)39(29-33-17-12-11-13-18-33)56-42(63)32-54-41(62)31-55-43(64)38(59-49(70)73-52(7,8)9)30-34-21-23-35(61)24-22-34/h11-13,17-18,21-24,36-40,61H,14-16,19-20,25-32H2,1-10H3,(H,53,69)(H,54,62)(H,55,64)(H,56,63)(H,57,66)(H,58,65)(H,59,70)/t36-,37-,38-,39-,40-/m0/s1. The van der Waals surface area contributed by atoms with E-state index in [2.05, 4.69) is 37.2 Å². The van der Waals surface area contributed by atoms with Crippen molar-refractivity contribution < 1.29 is 62.5 Å². The fraction of sp³-hybridized carbons (Fsp3) is 0.596. The Bertz CT molecular complexity index is 2210. The van der Waals surface area contributed by atoms with Crippen molar-refractivity contribution >= 4 is 65.4 Å². The second-order valence-electron chi connectivity index (χ2n) is 20.9. The Labute approximate surface area is 438 Å². The van der Waals surface area contributed by atoms with Gasteiger partial charge in [0.05, 0.1) is 13.1 Å². The number of ether oxygens (including phenoxy) is 3. The van der Waals surface area contributed by atoms with Gasteiger partial charge in [0.2, 0.25) is 35.4 Å². The summed E-state index contributed by atoms with van der Waals surface area (Å²) in [6.45, 7) is 14.7. The predicted octanol–water partition coefficient (Wildman–Crippen LogP) is 3.54. The largest absolute Gasteiger partial charge is 0.508 e. The van der Waals surface area contributed by atoms with E-state index in [-0.39, 0.29) is 44.5 Å². The van der Waals surface area contributed by atoms with Gasteiger partial charge in [-0.3, -0.25) is 28.8 Å². The first kappa shape index (κ1) is 61.7. The Balaban J connectivity index is 1.75. The molecule has 74 heavy (non-hydrogen) atoms. The molecule has 5 atom stereocenters. The van der Waals surface area contributed by atoms with Crippen LogP contribution in [0.1, 0.15) is 112 Å². The van der Waals surface area contributed by atoms with Gasteiger partial charge in [-0.05, 0) is 136 Å². The highest BCUT2D eigenvalue weighted by Crippen LogP contribution is 2.23. The number of phenols is 1. The van der Waals surface area contributed by atoms with Gasteiger partial charge in [0, 0.05) is 25.9 Å². The molecule has 0 saturated carbocycles. The van der Waals surface area contributed by atoms with Crippen LogP contribution in [-0.4, -0.2) is 149 Å². The lowest BCUT2D eigenvalue weighted by atomic mass is 10.0. The molecule has 2 aromatic carbocycles. The van der Waals surface area contributed by atoms with E-state index >= 15 is 0 Å². The predicted molar refractivity (Wildman–Crippen MR) is 279 cm³/mol. The average Bonchev–Trinajstić information content (AvgIpc) is 3.80. The fourth-order valence-corrected chi connectivity index (χ4v) is 7.96. The van der Waals surface area contributed by atoms with E-state index in [1.807, 2.05) is 6.26 Å². The molecule has 22 heteroatoms. The number of carbonyl (C=O) groups is 9. The first-order chi connectivity index (χ1) is 34.6. The molecule has 21 nitrogen and oxygen atoms in total. The van der Waals surface area contributed by atoms with E-state index in [0.29, 0.717) is 42.6 Å². The molecular weight excluding hydrogens is 977 g/mol. The minimum absolute atomic E-state index is 0.00522. The van der Waals surface area contributed by atoms with Gasteiger partial charge in [0.15, 0.2) is 0 Å². The Morgan fingerprint density at radius 1 is 0.608 bits per heavy atom. The number of nitrogens with zero attached hydrogens (tertiary/aromatic N) is 1. The van der Waals surface area contributed by atoms with Crippen molar-refractivity contribution in [3.05, 3.63) is 65.7 Å². The molecule has 0 unspecified atom stereocenters. The van der Waals surface area contributed by atoms with Crippen molar-refractivity contribution in [2.24, 2.45) is 0 Å². The molecule has 0 aromatic heterocycles. The zero-order chi connectivity index (χ0) is 55.2. The number of nitrogens with one attached hydrogen (secondary N) is 7. The van der Waals surface area contributed by atoms with Crippen molar-refractivity contribution in [2.75, 3.05) is 38.2 Å². The molecule has 410 valence electrons. The van der Waals surface area contributed by atoms with Crippen LogP contribution in [0.3, 0.4) is 0 Å². The minimum Gasteiger partial charge on any atom is -0.508 e. The Kier molecular flexibility index (Phi) is 24.5. The molecule has 0 radical (unpaired) electrons. The molecule has 2 aromatic rings. The number of rotatable bonds is 25. The van der Waals surface area contributed by atoms with Gasteiger partial charge in [-0.25, -0.2) is 14.4 Å². The normalized spacial score (nSPS) is 15.2. The highest BCUT2D eigenvalue weighted by Gasteiger charge is 2.40. The van der Waals surface area contributed by atoms with Crippen LogP contribution in [0.5, 0.6) is 5.75 Å². The lowest BCUT2D eigenvalue weighted by Gasteiger charge is -2.31. The minimum atomic E-state index is -1.25. The first-order valence-corrected chi connectivity index (χ1v) is 26.3. The molecule has 8 amide bonds. The van der Waals surface area contributed by atoms with Gasteiger partial charge >= 0.3 is 18.2 Å². The van der Waals surface area contributed by atoms with Gasteiger partial charge < -0.3 is 61.4 Å². The zero-order valence-corrected chi connectivity index (χ0v) is 45.3. The highest BCUT2D eigenvalue weighted by molar-refractivity contribution is 7.98. The van der Waals surface area contributed by atoms with Crippen molar-refractivity contribution in [3.8, 4) is 5.75 Å². The van der Waals surface area contributed by atoms with Crippen molar-refractivity contribution in [2.45, 2.75) is 161 Å². The number of aromatic hydroxyl groups is 1. The van der Waals surface area contributed by atoms with Crippen LogP contribution in [0, 0.1) is 0 Å². The van der Waals surface area contributed by atoms with Gasteiger partial charge in [0.25, 0.3) is 0 Å². The molecule has 0 bridgehead atoms. The highest BCUT2D eigenvalue weighted by atomic mass is 32.2. The van der Waals surface area contributed by atoms with Crippen molar-refractivity contribution in [1.82, 2.24) is 42.1 Å². The smallest absolute Gasteiger partial charge is 0.408 e. The quantitative estimate of drug-likeness (QED) is 0.0401. The Hall–Kier alpha value is -6.58. The summed E-state index contributed by atoms with van der Waals surface area (Å²) in [5.74, 6) is -4.27. The van der Waals surface area contributed by atoms with Crippen LogP contribution in [0.4, 0.5) is 9.59 Å². The number of thioether (sulfide) groups is 1. The number of alkyl carbamates (subject to hydrolysis) is 2. The topological polar surface area (TPSA) is 289 Å². The summed E-state index contributed by atoms with van der Waals surface area (Å²) in [5.41, 5.74) is -1.10. The van der Waals surface area contributed by atoms with Crippen LogP contribution in [0.15, 0.2) is 54.6 Å². The monoisotopic (exact) mass is 1050 g/mol. The molecule has 3 rings (SSSR count). The summed E-state index contributed by atoms with van der Waals surface area (Å²) in [6, 6.07) is 9.19. The first-order valence-electron chi connectivity index (χ1n) is 24.9. The number of amides is 8. The molecule has 8 N–H and O–H groups in total. The molecule has 1 aliphatic heterocycles. The Morgan fingerprint density at radius 2 is 1.16 bits per heavy atom. The lowest BCUT2D eigenvalue weighted by molar-refractivity contribution is -0.163. The van der Waals surface area contributed by atoms with Gasteiger partial charge in [-0.2, -0.15) is 11.8 Å². The summed E-state index contributed by atoms with van der Waals surface area (Å²) in [7, 11) is 0. The third-order valence-electron chi connectivity index (χ3n) is 10.8. The van der Waals surface area contributed by atoms with E-state index < -0.39 is 114 Å². The van der Waals surface area contributed by atoms with E-state index in [1.165, 1.54) is 28.8 Å². The summed E-state index contributed by atoms with van der Waals surface area (Å²) < 4.78 is 16.3. The molecular formula is C52H78N8O13S. The maximum absolute atomic E-state index is 14.3. The molecule has 0 spiro atoms.